The van der Waals surface area contributed by atoms with Gasteiger partial charge in [0.25, 0.3) is 0 Å². The molecule has 0 N–H and O–H groups in total. The summed E-state index contributed by atoms with van der Waals surface area (Å²) in [5.41, 5.74) is 4.89. The van der Waals surface area contributed by atoms with E-state index in [0.29, 0.717) is 5.25 Å². The fourth-order valence-electron chi connectivity index (χ4n) is 2.32. The highest BCUT2D eigenvalue weighted by Crippen LogP contribution is 2.38. The molecule has 4 heteroatoms. The number of hydrogen-bond acceptors (Lipinski definition) is 4. The molecule has 20 heavy (non-hydrogen) atoms. The third kappa shape index (κ3) is 2.86. The standard InChI is InChI=1S/C16H18N2S2/c1-10-11(2)17-16(18-12(10)3)19-9-14-8-13-6-4-5-7-15(13)20-14/h4-7,14H,8-9H2,1-3H3. The van der Waals surface area contributed by atoms with Gasteiger partial charge in [-0.2, -0.15) is 0 Å². The lowest BCUT2D eigenvalue weighted by Crippen LogP contribution is -2.06. The highest BCUT2D eigenvalue weighted by atomic mass is 32.2. The Morgan fingerprint density at radius 2 is 1.85 bits per heavy atom. The van der Waals surface area contributed by atoms with Gasteiger partial charge in [0.1, 0.15) is 0 Å². The van der Waals surface area contributed by atoms with Crippen LogP contribution in [-0.2, 0) is 6.42 Å². The molecule has 1 aliphatic rings. The van der Waals surface area contributed by atoms with Gasteiger partial charge in [-0.25, -0.2) is 9.97 Å². The van der Waals surface area contributed by atoms with Crippen LogP contribution in [0, 0.1) is 20.8 Å². The van der Waals surface area contributed by atoms with Crippen molar-refractivity contribution in [2.75, 3.05) is 5.75 Å². The van der Waals surface area contributed by atoms with Gasteiger partial charge in [-0.3, -0.25) is 0 Å². The van der Waals surface area contributed by atoms with E-state index in [1.807, 2.05) is 11.8 Å². The van der Waals surface area contributed by atoms with Crippen molar-refractivity contribution in [3.63, 3.8) is 0 Å². The van der Waals surface area contributed by atoms with Gasteiger partial charge in [0.15, 0.2) is 5.16 Å². The maximum Gasteiger partial charge on any atom is 0.188 e. The van der Waals surface area contributed by atoms with Crippen LogP contribution in [0.15, 0.2) is 34.3 Å². The molecule has 1 aromatic heterocycles. The van der Waals surface area contributed by atoms with E-state index in [-0.39, 0.29) is 0 Å². The minimum Gasteiger partial charge on any atom is -0.228 e. The van der Waals surface area contributed by atoms with E-state index in [2.05, 4.69) is 55.0 Å². The fraction of sp³-hybridized carbons (Fsp3) is 0.375. The van der Waals surface area contributed by atoms with E-state index in [1.165, 1.54) is 16.0 Å². The van der Waals surface area contributed by atoms with E-state index in [1.54, 1.807) is 11.8 Å². The van der Waals surface area contributed by atoms with Gasteiger partial charge < -0.3 is 0 Å². The summed E-state index contributed by atoms with van der Waals surface area (Å²) in [5.74, 6) is 1.07. The molecule has 2 heterocycles. The Bertz CT molecular complexity index is 592. The summed E-state index contributed by atoms with van der Waals surface area (Å²) in [6.07, 6.45) is 1.16. The number of fused-ring (bicyclic) bond motifs is 1. The van der Waals surface area contributed by atoms with Crippen molar-refractivity contribution in [1.82, 2.24) is 9.97 Å². The Labute approximate surface area is 128 Å². The van der Waals surface area contributed by atoms with Crippen LogP contribution in [0.25, 0.3) is 0 Å². The first kappa shape index (κ1) is 14.0. The quantitative estimate of drug-likeness (QED) is 0.626. The predicted octanol–water partition coefficient (Wildman–Crippen LogP) is 4.21. The SMILES string of the molecule is Cc1nc(SCC2Cc3ccccc3S2)nc(C)c1C. The molecule has 1 atom stereocenters. The summed E-state index contributed by atoms with van der Waals surface area (Å²) in [5, 5.41) is 1.56. The van der Waals surface area contributed by atoms with Gasteiger partial charge >= 0.3 is 0 Å². The fourth-order valence-corrected chi connectivity index (χ4v) is 4.73. The molecule has 1 aromatic carbocycles. The first-order valence-electron chi connectivity index (χ1n) is 6.82. The van der Waals surface area contributed by atoms with Gasteiger partial charge in [0, 0.05) is 27.3 Å². The number of rotatable bonds is 3. The number of aryl methyl sites for hydroxylation is 2. The zero-order valence-corrected chi connectivity index (χ0v) is 13.6. The summed E-state index contributed by atoms with van der Waals surface area (Å²) in [6.45, 7) is 6.21. The van der Waals surface area contributed by atoms with Crippen LogP contribution in [0.4, 0.5) is 0 Å². The topological polar surface area (TPSA) is 25.8 Å². The van der Waals surface area contributed by atoms with Gasteiger partial charge in [-0.05, 0) is 44.4 Å². The first-order valence-corrected chi connectivity index (χ1v) is 8.69. The summed E-state index contributed by atoms with van der Waals surface area (Å²) in [4.78, 5) is 10.6. The third-order valence-electron chi connectivity index (χ3n) is 3.72. The van der Waals surface area contributed by atoms with Crippen LogP contribution in [0.1, 0.15) is 22.5 Å². The normalized spacial score (nSPS) is 17.2. The molecular weight excluding hydrogens is 284 g/mol. The number of thioether (sulfide) groups is 2. The average molecular weight is 302 g/mol. The molecule has 0 radical (unpaired) electrons. The number of nitrogens with zero attached hydrogens (tertiary/aromatic N) is 2. The van der Waals surface area contributed by atoms with E-state index < -0.39 is 0 Å². The Kier molecular flexibility index (Phi) is 4.03. The maximum absolute atomic E-state index is 4.59. The number of benzene rings is 1. The second-order valence-corrected chi connectivity index (χ2v) is 7.49. The van der Waals surface area contributed by atoms with Crippen LogP contribution >= 0.6 is 23.5 Å². The summed E-state index contributed by atoms with van der Waals surface area (Å²) in [6, 6.07) is 8.72. The lowest BCUT2D eigenvalue weighted by molar-refractivity contribution is 0.876. The zero-order valence-electron chi connectivity index (χ0n) is 12.0. The molecule has 1 aliphatic heterocycles. The Morgan fingerprint density at radius 3 is 2.55 bits per heavy atom. The molecule has 3 rings (SSSR count). The van der Waals surface area contributed by atoms with Crippen LogP contribution in [0.2, 0.25) is 0 Å². The number of hydrogen-bond donors (Lipinski definition) is 0. The van der Waals surface area contributed by atoms with Gasteiger partial charge in [0.05, 0.1) is 0 Å². The van der Waals surface area contributed by atoms with E-state index in [0.717, 1.165) is 28.7 Å². The summed E-state index contributed by atoms with van der Waals surface area (Å²) >= 11 is 3.77. The molecule has 0 amide bonds. The Hall–Kier alpha value is -1.00. The van der Waals surface area contributed by atoms with Gasteiger partial charge in [-0.15, -0.1) is 11.8 Å². The van der Waals surface area contributed by atoms with Gasteiger partial charge in [-0.1, -0.05) is 30.0 Å². The molecule has 0 fully saturated rings. The van der Waals surface area contributed by atoms with Crippen molar-refractivity contribution in [2.45, 2.75) is 42.5 Å². The molecule has 2 nitrogen and oxygen atoms in total. The van der Waals surface area contributed by atoms with Crippen molar-refractivity contribution in [2.24, 2.45) is 0 Å². The molecule has 0 spiro atoms. The van der Waals surface area contributed by atoms with Crippen molar-refractivity contribution < 1.29 is 0 Å². The monoisotopic (exact) mass is 302 g/mol. The minimum atomic E-state index is 0.642. The smallest absolute Gasteiger partial charge is 0.188 e. The second-order valence-electron chi connectivity index (χ2n) is 5.16. The molecule has 0 saturated heterocycles. The molecule has 0 bridgehead atoms. The summed E-state index contributed by atoms with van der Waals surface area (Å²) < 4.78 is 0. The Balaban J connectivity index is 1.64. The lowest BCUT2D eigenvalue weighted by atomic mass is 10.1. The van der Waals surface area contributed by atoms with Crippen LogP contribution in [0.3, 0.4) is 0 Å². The Morgan fingerprint density at radius 1 is 1.15 bits per heavy atom. The molecule has 0 aliphatic carbocycles. The predicted molar refractivity (Wildman–Crippen MR) is 86.8 cm³/mol. The molecule has 1 unspecified atom stereocenters. The largest absolute Gasteiger partial charge is 0.228 e. The molecule has 2 aromatic rings. The number of aromatic nitrogens is 2. The lowest BCUT2D eigenvalue weighted by Gasteiger charge is -2.09. The van der Waals surface area contributed by atoms with Crippen LogP contribution in [-0.4, -0.2) is 21.0 Å². The van der Waals surface area contributed by atoms with Gasteiger partial charge in [0.2, 0.25) is 0 Å². The van der Waals surface area contributed by atoms with Crippen molar-refractivity contribution in [3.8, 4) is 0 Å². The van der Waals surface area contributed by atoms with Crippen LogP contribution in [0.5, 0.6) is 0 Å². The molecule has 0 saturated carbocycles. The second kappa shape index (κ2) is 5.78. The average Bonchev–Trinajstić information content (AvgIpc) is 2.85. The molecular formula is C16H18N2S2. The van der Waals surface area contributed by atoms with Crippen molar-refractivity contribution >= 4 is 23.5 Å². The van der Waals surface area contributed by atoms with E-state index in [4.69, 9.17) is 0 Å². The first-order chi connectivity index (χ1) is 9.63. The highest BCUT2D eigenvalue weighted by molar-refractivity contribution is 8.03. The van der Waals surface area contributed by atoms with Crippen molar-refractivity contribution in [3.05, 3.63) is 46.8 Å². The van der Waals surface area contributed by atoms with Crippen molar-refractivity contribution in [1.29, 1.82) is 0 Å². The van der Waals surface area contributed by atoms with E-state index >= 15 is 0 Å². The van der Waals surface area contributed by atoms with E-state index in [9.17, 15) is 0 Å². The summed E-state index contributed by atoms with van der Waals surface area (Å²) in [7, 11) is 0. The molecule has 104 valence electrons. The third-order valence-corrected chi connectivity index (χ3v) is 6.26. The minimum absolute atomic E-state index is 0.642. The maximum atomic E-state index is 4.59. The zero-order chi connectivity index (χ0) is 14.1. The van der Waals surface area contributed by atoms with Crippen LogP contribution < -0.4 is 0 Å². The highest BCUT2D eigenvalue weighted by Gasteiger charge is 2.22.